The van der Waals surface area contributed by atoms with Crippen LogP contribution < -0.4 is 16.4 Å². The zero-order valence-electron chi connectivity index (χ0n) is 9.46. The van der Waals surface area contributed by atoms with E-state index in [4.69, 9.17) is 5.73 Å². The van der Waals surface area contributed by atoms with Crippen LogP contribution in [0.3, 0.4) is 0 Å². The Labute approximate surface area is 113 Å². The van der Waals surface area contributed by atoms with Crippen molar-refractivity contribution in [3.8, 4) is 0 Å². The van der Waals surface area contributed by atoms with Gasteiger partial charge in [-0.25, -0.2) is 0 Å². The third-order valence-corrected chi connectivity index (χ3v) is 1.76. The monoisotopic (exact) mass is 281 g/mol. The van der Waals surface area contributed by atoms with E-state index >= 15 is 0 Å². The summed E-state index contributed by atoms with van der Waals surface area (Å²) in [7, 11) is 0. The summed E-state index contributed by atoms with van der Waals surface area (Å²) in [6.07, 6.45) is 3.56. The summed E-state index contributed by atoms with van der Waals surface area (Å²) in [5.74, 6) is 0. The maximum Gasteiger partial charge on any atom is -0.00368 e. The molecule has 0 aliphatic carbocycles. The lowest BCUT2D eigenvalue weighted by molar-refractivity contribution is 0.583. The van der Waals surface area contributed by atoms with Crippen LogP contribution >= 0.6 is 37.2 Å². The molecule has 15 heavy (non-hydrogen) atoms. The minimum atomic E-state index is 0. The van der Waals surface area contributed by atoms with E-state index in [0.717, 1.165) is 39.1 Å². The summed E-state index contributed by atoms with van der Waals surface area (Å²) in [6.45, 7) is 7.39. The largest absolute Gasteiger partial charge is 0.330 e. The van der Waals surface area contributed by atoms with Crippen LogP contribution in [0.5, 0.6) is 0 Å². The van der Waals surface area contributed by atoms with Crippen LogP contribution in [0.2, 0.25) is 0 Å². The van der Waals surface area contributed by atoms with Crippen LogP contribution in [-0.2, 0) is 0 Å². The molecular formula is C9H26Cl3N3. The fourth-order valence-corrected chi connectivity index (χ4v) is 1.03. The lowest BCUT2D eigenvalue weighted by atomic mass is 10.3. The quantitative estimate of drug-likeness (QED) is 0.563. The molecule has 0 aromatic heterocycles. The zero-order valence-corrected chi connectivity index (χ0v) is 11.9. The molecule has 3 nitrogen and oxygen atoms in total. The highest BCUT2D eigenvalue weighted by molar-refractivity contribution is 5.86. The van der Waals surface area contributed by atoms with E-state index in [2.05, 4.69) is 17.6 Å². The van der Waals surface area contributed by atoms with Gasteiger partial charge in [-0.05, 0) is 52.0 Å². The van der Waals surface area contributed by atoms with Gasteiger partial charge in [0.2, 0.25) is 0 Å². The van der Waals surface area contributed by atoms with Crippen molar-refractivity contribution in [2.45, 2.75) is 26.2 Å². The summed E-state index contributed by atoms with van der Waals surface area (Å²) in [5, 5.41) is 6.67. The third-order valence-electron chi connectivity index (χ3n) is 1.76. The molecule has 0 aliphatic rings. The van der Waals surface area contributed by atoms with Crippen molar-refractivity contribution in [3.63, 3.8) is 0 Å². The van der Waals surface area contributed by atoms with Gasteiger partial charge in [0.1, 0.15) is 0 Å². The highest BCUT2D eigenvalue weighted by atomic mass is 35.5. The minimum absolute atomic E-state index is 0. The van der Waals surface area contributed by atoms with Crippen LogP contribution in [0.25, 0.3) is 0 Å². The number of hydrogen-bond acceptors (Lipinski definition) is 3. The SMILES string of the molecule is CCNCCCNCCCCN.Cl.Cl.Cl. The van der Waals surface area contributed by atoms with Crippen LogP contribution in [-0.4, -0.2) is 32.7 Å². The molecule has 0 aromatic rings. The molecular weight excluding hydrogens is 256 g/mol. The normalized spacial score (nSPS) is 8.40. The molecule has 0 fully saturated rings. The van der Waals surface area contributed by atoms with Crippen molar-refractivity contribution < 1.29 is 0 Å². The number of nitrogens with one attached hydrogen (secondary N) is 2. The molecule has 0 bridgehead atoms. The Morgan fingerprint density at radius 3 is 1.87 bits per heavy atom. The summed E-state index contributed by atoms with van der Waals surface area (Å²) >= 11 is 0. The van der Waals surface area contributed by atoms with Crippen LogP contribution in [0.15, 0.2) is 0 Å². The Morgan fingerprint density at radius 1 is 0.800 bits per heavy atom. The minimum Gasteiger partial charge on any atom is -0.330 e. The summed E-state index contributed by atoms with van der Waals surface area (Å²) in [6, 6.07) is 0. The van der Waals surface area contributed by atoms with E-state index in [1.807, 2.05) is 0 Å². The predicted molar refractivity (Wildman–Crippen MR) is 76.1 cm³/mol. The Balaban J connectivity index is -0.000000202. The number of hydrogen-bond donors (Lipinski definition) is 3. The summed E-state index contributed by atoms with van der Waals surface area (Å²) in [4.78, 5) is 0. The second-order valence-corrected chi connectivity index (χ2v) is 2.95. The van der Waals surface area contributed by atoms with Gasteiger partial charge >= 0.3 is 0 Å². The number of nitrogens with two attached hydrogens (primary N) is 1. The molecule has 0 rings (SSSR count). The van der Waals surface area contributed by atoms with Gasteiger partial charge in [-0.15, -0.1) is 37.2 Å². The predicted octanol–water partition coefficient (Wildman–Crippen LogP) is 1.58. The molecule has 0 saturated carbocycles. The van der Waals surface area contributed by atoms with E-state index < -0.39 is 0 Å². The highest BCUT2D eigenvalue weighted by Crippen LogP contribution is 1.82. The first-order chi connectivity index (χ1) is 5.91. The van der Waals surface area contributed by atoms with E-state index in [9.17, 15) is 0 Å². The molecule has 0 aromatic carbocycles. The maximum atomic E-state index is 5.37. The van der Waals surface area contributed by atoms with Gasteiger partial charge in [0.05, 0.1) is 0 Å². The van der Waals surface area contributed by atoms with Crippen molar-refractivity contribution >= 4 is 37.2 Å². The Kier molecular flexibility index (Phi) is 39.9. The fraction of sp³-hybridized carbons (Fsp3) is 1.00. The van der Waals surface area contributed by atoms with Crippen LogP contribution in [0.1, 0.15) is 26.2 Å². The topological polar surface area (TPSA) is 50.1 Å². The maximum absolute atomic E-state index is 5.37. The molecule has 0 amide bonds. The first-order valence-corrected chi connectivity index (χ1v) is 5.03. The Hall–Kier alpha value is 0.750. The molecule has 6 heteroatoms. The molecule has 0 atom stereocenters. The highest BCUT2D eigenvalue weighted by Gasteiger charge is 1.87. The van der Waals surface area contributed by atoms with Gasteiger partial charge in [-0.2, -0.15) is 0 Å². The van der Waals surface area contributed by atoms with Crippen molar-refractivity contribution in [1.29, 1.82) is 0 Å². The van der Waals surface area contributed by atoms with E-state index in [1.165, 1.54) is 12.8 Å². The van der Waals surface area contributed by atoms with E-state index in [1.54, 1.807) is 0 Å². The summed E-state index contributed by atoms with van der Waals surface area (Å²) < 4.78 is 0. The first-order valence-electron chi connectivity index (χ1n) is 5.03. The first kappa shape index (κ1) is 24.8. The fourth-order valence-electron chi connectivity index (χ4n) is 1.03. The molecule has 0 spiro atoms. The standard InChI is InChI=1S/C9H23N3.3ClH/c1-2-11-8-5-9-12-7-4-3-6-10;;;/h11-12H,2-10H2,1H3;3*1H. The molecule has 0 radical (unpaired) electrons. The second kappa shape index (κ2) is 24.1. The van der Waals surface area contributed by atoms with Gasteiger partial charge in [-0.3, -0.25) is 0 Å². The van der Waals surface area contributed by atoms with Crippen molar-refractivity contribution in [2.75, 3.05) is 32.7 Å². The number of halogens is 3. The van der Waals surface area contributed by atoms with Crippen molar-refractivity contribution in [2.24, 2.45) is 5.73 Å². The third kappa shape index (κ3) is 25.2. The van der Waals surface area contributed by atoms with E-state index in [0.29, 0.717) is 0 Å². The molecule has 0 aliphatic heterocycles. The number of rotatable bonds is 9. The van der Waals surface area contributed by atoms with Crippen molar-refractivity contribution in [1.82, 2.24) is 10.6 Å². The average Bonchev–Trinajstić information content (AvgIpc) is 2.10. The zero-order chi connectivity index (χ0) is 9.07. The molecule has 98 valence electrons. The van der Waals surface area contributed by atoms with Crippen LogP contribution in [0.4, 0.5) is 0 Å². The Morgan fingerprint density at radius 2 is 1.33 bits per heavy atom. The lowest BCUT2D eigenvalue weighted by Gasteiger charge is -2.03. The van der Waals surface area contributed by atoms with Gasteiger partial charge in [-0.1, -0.05) is 6.92 Å². The smallest absolute Gasteiger partial charge is 0.00368 e. The summed E-state index contributed by atoms with van der Waals surface area (Å²) in [5.41, 5.74) is 5.37. The second-order valence-electron chi connectivity index (χ2n) is 2.95. The van der Waals surface area contributed by atoms with Gasteiger partial charge in [0.15, 0.2) is 0 Å². The van der Waals surface area contributed by atoms with Gasteiger partial charge in [0, 0.05) is 0 Å². The molecule has 4 N–H and O–H groups in total. The number of unbranched alkanes of at least 4 members (excludes halogenated alkanes) is 1. The van der Waals surface area contributed by atoms with Crippen LogP contribution in [0, 0.1) is 0 Å². The lowest BCUT2D eigenvalue weighted by Crippen LogP contribution is -2.22. The molecule has 0 unspecified atom stereocenters. The van der Waals surface area contributed by atoms with E-state index in [-0.39, 0.29) is 37.2 Å². The molecule has 0 heterocycles. The van der Waals surface area contributed by atoms with Crippen molar-refractivity contribution in [3.05, 3.63) is 0 Å². The van der Waals surface area contributed by atoms with Gasteiger partial charge in [0.25, 0.3) is 0 Å². The average molecular weight is 283 g/mol. The van der Waals surface area contributed by atoms with Gasteiger partial charge < -0.3 is 16.4 Å². The molecule has 0 saturated heterocycles. The Bertz CT molecular complexity index is 77.0.